The zero-order chi connectivity index (χ0) is 15.1. The highest BCUT2D eigenvalue weighted by atomic mass is 35.5. The first-order valence-corrected chi connectivity index (χ1v) is 6.29. The monoisotopic (exact) mass is 298 g/mol. The lowest BCUT2D eigenvalue weighted by Gasteiger charge is -2.12. The van der Waals surface area contributed by atoms with Crippen LogP contribution in [0.1, 0.15) is 19.4 Å². The largest absolute Gasteiger partial charge is 0.480 e. The number of carboxylic acid groups (broad SMARTS) is 1. The predicted molar refractivity (Wildman–Crippen MR) is 74.8 cm³/mol. The van der Waals surface area contributed by atoms with Gasteiger partial charge in [-0.2, -0.15) is 0 Å². The van der Waals surface area contributed by atoms with Gasteiger partial charge in [-0.25, -0.2) is 9.59 Å². The molecule has 0 amide bonds. The summed E-state index contributed by atoms with van der Waals surface area (Å²) < 4.78 is 10.2. The molecule has 0 aliphatic carbocycles. The molecule has 0 aliphatic rings. The van der Waals surface area contributed by atoms with Gasteiger partial charge in [0.2, 0.25) is 0 Å². The van der Waals surface area contributed by atoms with Gasteiger partial charge in [0.15, 0.2) is 6.61 Å². The van der Waals surface area contributed by atoms with Crippen molar-refractivity contribution < 1.29 is 24.2 Å². The first-order chi connectivity index (χ1) is 9.40. The highest BCUT2D eigenvalue weighted by Crippen LogP contribution is 2.29. The van der Waals surface area contributed by atoms with E-state index in [2.05, 4.69) is 0 Å². The summed E-state index contributed by atoms with van der Waals surface area (Å²) in [6.45, 7) is 3.17. The van der Waals surface area contributed by atoms with Gasteiger partial charge >= 0.3 is 11.9 Å². The number of carboxylic acids is 1. The number of para-hydroxylation sites is 1. The molecule has 0 spiro atoms. The lowest BCUT2D eigenvalue weighted by Crippen LogP contribution is -2.19. The molecule has 0 bridgehead atoms. The zero-order valence-corrected chi connectivity index (χ0v) is 11.9. The van der Waals surface area contributed by atoms with Crippen molar-refractivity contribution in [1.82, 2.24) is 0 Å². The van der Waals surface area contributed by atoms with E-state index in [1.807, 2.05) is 0 Å². The molecule has 0 radical (unpaired) electrons. The summed E-state index contributed by atoms with van der Waals surface area (Å²) >= 11 is 5.98. The maximum Gasteiger partial charge on any atom is 0.344 e. The molecule has 0 saturated carbocycles. The normalized spacial score (nSPS) is 10.8. The average molecular weight is 299 g/mol. The number of hydrogen-bond donors (Lipinski definition) is 1. The van der Waals surface area contributed by atoms with Crippen LogP contribution in [0.5, 0.6) is 5.75 Å². The Balaban J connectivity index is 2.83. The van der Waals surface area contributed by atoms with Crippen molar-refractivity contribution in [2.75, 3.05) is 6.61 Å². The van der Waals surface area contributed by atoms with Crippen LogP contribution in [0.15, 0.2) is 24.3 Å². The van der Waals surface area contributed by atoms with E-state index in [9.17, 15) is 9.59 Å². The van der Waals surface area contributed by atoms with Crippen molar-refractivity contribution in [3.63, 3.8) is 0 Å². The molecule has 1 N–H and O–H groups in total. The fourth-order valence-corrected chi connectivity index (χ4v) is 1.63. The number of benzene rings is 1. The molecule has 1 rings (SSSR count). The van der Waals surface area contributed by atoms with Crippen molar-refractivity contribution in [2.24, 2.45) is 0 Å². The number of ether oxygens (including phenoxy) is 2. The molecule has 5 nitrogen and oxygen atoms in total. The van der Waals surface area contributed by atoms with Gasteiger partial charge < -0.3 is 14.6 Å². The summed E-state index contributed by atoms with van der Waals surface area (Å²) in [6.07, 6.45) is 2.08. The Morgan fingerprint density at radius 2 is 2.10 bits per heavy atom. The lowest BCUT2D eigenvalue weighted by molar-refractivity contribution is -0.149. The smallest absolute Gasteiger partial charge is 0.344 e. The molecule has 1 aromatic rings. The van der Waals surface area contributed by atoms with E-state index in [0.29, 0.717) is 5.56 Å². The Labute approximate surface area is 121 Å². The zero-order valence-electron chi connectivity index (χ0n) is 11.1. The number of esters is 1. The van der Waals surface area contributed by atoms with E-state index in [0.717, 1.165) is 6.08 Å². The molecule has 0 aliphatic heterocycles. The van der Waals surface area contributed by atoms with Crippen LogP contribution in [-0.4, -0.2) is 29.8 Å². The van der Waals surface area contributed by atoms with E-state index in [4.69, 9.17) is 26.2 Å². The van der Waals surface area contributed by atoms with E-state index >= 15 is 0 Å². The minimum absolute atomic E-state index is 0.233. The number of aliphatic carboxylic acids is 1. The first kappa shape index (κ1) is 16.0. The summed E-state index contributed by atoms with van der Waals surface area (Å²) in [7, 11) is 0. The third kappa shape index (κ3) is 5.32. The van der Waals surface area contributed by atoms with Gasteiger partial charge in [-0.05, 0) is 26.0 Å². The summed E-state index contributed by atoms with van der Waals surface area (Å²) in [4.78, 5) is 21.9. The number of halogens is 1. The van der Waals surface area contributed by atoms with Crippen LogP contribution < -0.4 is 4.74 Å². The Morgan fingerprint density at radius 1 is 1.40 bits per heavy atom. The van der Waals surface area contributed by atoms with Crippen LogP contribution in [0.25, 0.3) is 6.08 Å². The van der Waals surface area contributed by atoms with Crippen molar-refractivity contribution in [2.45, 2.75) is 20.0 Å². The SMILES string of the molecule is CC(C)OC(=O)COc1c(Cl)cccc1/C=C/C(=O)O. The molecule has 6 heteroatoms. The lowest BCUT2D eigenvalue weighted by atomic mass is 10.2. The third-order valence-corrected chi connectivity index (χ3v) is 2.40. The topological polar surface area (TPSA) is 72.8 Å². The quantitative estimate of drug-likeness (QED) is 0.646. The predicted octanol–water partition coefficient (Wildman–Crippen LogP) is 2.77. The van der Waals surface area contributed by atoms with E-state index in [1.165, 1.54) is 6.08 Å². The Morgan fingerprint density at radius 3 is 2.70 bits per heavy atom. The molecule has 20 heavy (non-hydrogen) atoms. The number of carbonyl (C=O) groups is 2. The number of carbonyl (C=O) groups excluding carboxylic acids is 1. The summed E-state index contributed by atoms with van der Waals surface area (Å²) in [6, 6.07) is 4.88. The molecule has 0 saturated heterocycles. The Hall–Kier alpha value is -2.01. The minimum atomic E-state index is -1.09. The van der Waals surface area contributed by atoms with Crippen LogP contribution in [-0.2, 0) is 14.3 Å². The van der Waals surface area contributed by atoms with Gasteiger partial charge in [0.25, 0.3) is 0 Å². The average Bonchev–Trinajstić information content (AvgIpc) is 2.34. The fourth-order valence-electron chi connectivity index (χ4n) is 1.40. The van der Waals surface area contributed by atoms with E-state index in [1.54, 1.807) is 32.0 Å². The van der Waals surface area contributed by atoms with Crippen LogP contribution in [0.2, 0.25) is 5.02 Å². The van der Waals surface area contributed by atoms with Gasteiger partial charge in [-0.3, -0.25) is 0 Å². The molecule has 0 unspecified atom stereocenters. The Kier molecular flexibility index (Phi) is 6.06. The summed E-state index contributed by atoms with van der Waals surface area (Å²) in [5.41, 5.74) is 0.470. The first-order valence-electron chi connectivity index (χ1n) is 5.92. The minimum Gasteiger partial charge on any atom is -0.480 e. The van der Waals surface area contributed by atoms with Crippen molar-refractivity contribution in [3.8, 4) is 5.75 Å². The molecule has 0 atom stereocenters. The second-order valence-corrected chi connectivity index (χ2v) is 4.56. The van der Waals surface area contributed by atoms with Crippen molar-refractivity contribution >= 4 is 29.6 Å². The maximum absolute atomic E-state index is 11.4. The van der Waals surface area contributed by atoms with Gasteiger partial charge in [-0.1, -0.05) is 23.7 Å². The van der Waals surface area contributed by atoms with Gasteiger partial charge in [0, 0.05) is 11.6 Å². The number of rotatable bonds is 6. The van der Waals surface area contributed by atoms with Crippen LogP contribution in [0, 0.1) is 0 Å². The van der Waals surface area contributed by atoms with Crippen LogP contribution in [0.4, 0.5) is 0 Å². The van der Waals surface area contributed by atoms with E-state index in [-0.39, 0.29) is 23.5 Å². The summed E-state index contributed by atoms with van der Waals surface area (Å²) in [5, 5.41) is 8.90. The maximum atomic E-state index is 11.4. The molecule has 0 aromatic heterocycles. The molecular weight excluding hydrogens is 284 g/mol. The molecule has 1 aromatic carbocycles. The van der Waals surface area contributed by atoms with Crippen LogP contribution in [0.3, 0.4) is 0 Å². The molecule has 0 fully saturated rings. The molecular formula is C14H15ClO5. The Bertz CT molecular complexity index is 522. The highest BCUT2D eigenvalue weighted by Gasteiger charge is 2.11. The van der Waals surface area contributed by atoms with Crippen molar-refractivity contribution in [1.29, 1.82) is 0 Å². The van der Waals surface area contributed by atoms with Crippen molar-refractivity contribution in [3.05, 3.63) is 34.9 Å². The second kappa shape index (κ2) is 7.55. The highest BCUT2D eigenvalue weighted by molar-refractivity contribution is 6.32. The second-order valence-electron chi connectivity index (χ2n) is 4.16. The summed E-state index contributed by atoms with van der Waals surface area (Å²) in [5.74, 6) is -1.37. The standard InChI is InChI=1S/C14H15ClO5/c1-9(2)20-13(18)8-19-14-10(6-7-12(16)17)4-3-5-11(14)15/h3-7,9H,8H2,1-2H3,(H,16,17)/b7-6+. The van der Waals surface area contributed by atoms with Crippen LogP contribution >= 0.6 is 11.6 Å². The van der Waals surface area contributed by atoms with Gasteiger partial charge in [-0.15, -0.1) is 0 Å². The fraction of sp³-hybridized carbons (Fsp3) is 0.286. The van der Waals surface area contributed by atoms with E-state index < -0.39 is 11.9 Å². The number of hydrogen-bond acceptors (Lipinski definition) is 4. The molecule has 108 valence electrons. The van der Waals surface area contributed by atoms with Gasteiger partial charge in [0.05, 0.1) is 11.1 Å². The molecule has 0 heterocycles. The third-order valence-electron chi connectivity index (χ3n) is 2.10. The van der Waals surface area contributed by atoms with Gasteiger partial charge in [0.1, 0.15) is 5.75 Å².